The second-order valence-electron chi connectivity index (χ2n) is 9.10. The maximum atomic E-state index is 13.6. The lowest BCUT2D eigenvalue weighted by Crippen LogP contribution is -2.51. The van der Waals surface area contributed by atoms with Crippen LogP contribution in [0.3, 0.4) is 0 Å². The Morgan fingerprint density at radius 2 is 1.46 bits per heavy atom. The van der Waals surface area contributed by atoms with Crippen molar-refractivity contribution in [3.8, 4) is 0 Å². The normalized spacial score (nSPS) is 11.8. The highest BCUT2D eigenvalue weighted by molar-refractivity contribution is 6.42. The summed E-state index contributed by atoms with van der Waals surface area (Å²) in [6, 6.07) is 24.3. The van der Waals surface area contributed by atoms with Crippen molar-refractivity contribution in [1.29, 1.82) is 0 Å². The quantitative estimate of drug-likeness (QED) is 0.327. The third-order valence-electron chi connectivity index (χ3n) is 5.76. The first-order valence-corrected chi connectivity index (χ1v) is 12.7. The largest absolute Gasteiger partial charge is 0.354 e. The first kappa shape index (κ1) is 26.8. The summed E-state index contributed by atoms with van der Waals surface area (Å²) in [4.78, 5) is 28.8. The summed E-state index contributed by atoms with van der Waals surface area (Å²) in [6.07, 6.45) is 1.32. The van der Waals surface area contributed by atoms with Crippen LogP contribution in [-0.2, 0) is 29.0 Å². The van der Waals surface area contributed by atoms with Crippen LogP contribution in [0.4, 0.5) is 0 Å². The number of halogens is 2. The summed E-state index contributed by atoms with van der Waals surface area (Å²) in [6.45, 7) is 4.90. The van der Waals surface area contributed by atoms with E-state index in [1.54, 1.807) is 17.0 Å². The Hall–Kier alpha value is -2.82. The van der Waals surface area contributed by atoms with Crippen LogP contribution in [0.1, 0.15) is 37.0 Å². The molecule has 1 atom stereocenters. The minimum atomic E-state index is -0.658. The van der Waals surface area contributed by atoms with Gasteiger partial charge >= 0.3 is 0 Å². The predicted octanol–water partition coefficient (Wildman–Crippen LogP) is 6.34. The fraction of sp³-hybridized carbons (Fsp3) is 0.310. The second kappa shape index (κ2) is 13.3. The molecule has 0 saturated carbocycles. The Bertz CT molecular complexity index is 1100. The molecule has 0 fully saturated rings. The monoisotopic (exact) mass is 510 g/mol. The molecule has 35 heavy (non-hydrogen) atoms. The Kier molecular flexibility index (Phi) is 10.2. The molecule has 2 amide bonds. The first-order valence-electron chi connectivity index (χ1n) is 11.9. The van der Waals surface area contributed by atoms with Crippen LogP contribution in [0.5, 0.6) is 0 Å². The topological polar surface area (TPSA) is 49.4 Å². The molecule has 0 spiro atoms. The summed E-state index contributed by atoms with van der Waals surface area (Å²) in [5.74, 6) is 0.0601. The van der Waals surface area contributed by atoms with Gasteiger partial charge < -0.3 is 10.2 Å². The summed E-state index contributed by atoms with van der Waals surface area (Å²) in [5.41, 5.74) is 2.90. The van der Waals surface area contributed by atoms with Crippen molar-refractivity contribution in [3.05, 3.63) is 106 Å². The maximum Gasteiger partial charge on any atom is 0.243 e. The number of hydrogen-bond donors (Lipinski definition) is 1. The average molecular weight is 511 g/mol. The van der Waals surface area contributed by atoms with E-state index in [0.29, 0.717) is 41.8 Å². The second-order valence-corrected chi connectivity index (χ2v) is 9.91. The average Bonchev–Trinajstić information content (AvgIpc) is 2.86. The van der Waals surface area contributed by atoms with E-state index in [1.165, 1.54) is 0 Å². The zero-order valence-electron chi connectivity index (χ0n) is 20.2. The third kappa shape index (κ3) is 8.41. The Balaban J connectivity index is 1.91. The van der Waals surface area contributed by atoms with Gasteiger partial charge in [-0.2, -0.15) is 0 Å². The molecule has 3 aromatic carbocycles. The number of rotatable bonds is 11. The number of nitrogens with one attached hydrogen (secondary N) is 1. The van der Waals surface area contributed by atoms with Crippen molar-refractivity contribution < 1.29 is 9.59 Å². The number of hydrogen-bond acceptors (Lipinski definition) is 2. The molecule has 0 aromatic heterocycles. The van der Waals surface area contributed by atoms with Crippen LogP contribution in [-0.4, -0.2) is 29.3 Å². The fourth-order valence-electron chi connectivity index (χ4n) is 3.85. The van der Waals surface area contributed by atoms with Crippen LogP contribution >= 0.6 is 23.2 Å². The molecule has 0 radical (unpaired) electrons. The molecule has 0 bridgehead atoms. The molecule has 3 aromatic rings. The van der Waals surface area contributed by atoms with Crippen molar-refractivity contribution in [1.82, 2.24) is 10.2 Å². The summed E-state index contributed by atoms with van der Waals surface area (Å²) >= 11 is 12.4. The molecule has 0 aliphatic carbocycles. The Labute approximate surface area is 218 Å². The Morgan fingerprint density at radius 3 is 2.06 bits per heavy atom. The van der Waals surface area contributed by atoms with Crippen LogP contribution in [0.25, 0.3) is 0 Å². The highest BCUT2D eigenvalue weighted by Crippen LogP contribution is 2.24. The van der Waals surface area contributed by atoms with E-state index in [4.69, 9.17) is 23.2 Å². The molecule has 0 aliphatic rings. The van der Waals surface area contributed by atoms with Crippen LogP contribution < -0.4 is 5.32 Å². The van der Waals surface area contributed by atoms with E-state index in [-0.39, 0.29) is 18.4 Å². The van der Waals surface area contributed by atoms with Crippen LogP contribution in [0.2, 0.25) is 10.0 Å². The van der Waals surface area contributed by atoms with Crippen molar-refractivity contribution in [2.45, 2.75) is 45.7 Å². The molecule has 1 N–H and O–H groups in total. The number of benzene rings is 3. The standard InChI is InChI=1S/C29H32Cl2N2O2/c1-21(2)19-32-29(35)27(18-23-11-7-4-8-12-23)33(20-24-13-15-25(30)26(31)17-24)28(34)16-14-22-9-5-3-6-10-22/h3-13,15,17,21,27H,14,16,18-20H2,1-2H3,(H,32,35)/t27-/m0/s1. The van der Waals surface area contributed by atoms with E-state index < -0.39 is 6.04 Å². The van der Waals surface area contributed by atoms with Crippen molar-refractivity contribution in [2.75, 3.05) is 6.54 Å². The minimum Gasteiger partial charge on any atom is -0.354 e. The number of amides is 2. The molecule has 0 unspecified atom stereocenters. The van der Waals surface area contributed by atoms with Gasteiger partial charge in [0.2, 0.25) is 11.8 Å². The molecule has 6 heteroatoms. The van der Waals surface area contributed by atoms with Gasteiger partial charge in [0.1, 0.15) is 6.04 Å². The summed E-state index contributed by atoms with van der Waals surface area (Å²) in [5, 5.41) is 3.91. The smallest absolute Gasteiger partial charge is 0.243 e. The van der Waals surface area contributed by atoms with Gasteiger partial charge in [-0.15, -0.1) is 0 Å². The van der Waals surface area contributed by atoms with Gasteiger partial charge in [0.05, 0.1) is 10.0 Å². The molecule has 0 saturated heterocycles. The lowest BCUT2D eigenvalue weighted by molar-refractivity contribution is -0.141. The number of carbonyl (C=O) groups is 2. The van der Waals surface area contributed by atoms with Crippen LogP contribution in [0.15, 0.2) is 78.9 Å². The van der Waals surface area contributed by atoms with Gasteiger partial charge in [0, 0.05) is 25.9 Å². The van der Waals surface area contributed by atoms with Gasteiger partial charge in [-0.3, -0.25) is 9.59 Å². The maximum absolute atomic E-state index is 13.6. The van der Waals surface area contributed by atoms with Crippen LogP contribution in [0, 0.1) is 5.92 Å². The Morgan fingerprint density at radius 1 is 0.829 bits per heavy atom. The molecule has 0 heterocycles. The van der Waals surface area contributed by atoms with E-state index >= 15 is 0 Å². The van der Waals surface area contributed by atoms with Crippen molar-refractivity contribution in [2.24, 2.45) is 5.92 Å². The zero-order chi connectivity index (χ0) is 25.2. The molecule has 0 aliphatic heterocycles. The van der Waals surface area contributed by atoms with Gasteiger partial charge in [0.25, 0.3) is 0 Å². The van der Waals surface area contributed by atoms with Gasteiger partial charge in [-0.05, 0) is 41.2 Å². The molecular formula is C29H32Cl2N2O2. The molecule has 184 valence electrons. The third-order valence-corrected chi connectivity index (χ3v) is 6.50. The van der Waals surface area contributed by atoms with E-state index in [1.807, 2.05) is 80.6 Å². The lowest BCUT2D eigenvalue weighted by atomic mass is 10.0. The highest BCUT2D eigenvalue weighted by Gasteiger charge is 2.30. The molecule has 3 rings (SSSR count). The number of nitrogens with zero attached hydrogens (tertiary/aromatic N) is 1. The van der Waals surface area contributed by atoms with Crippen molar-refractivity contribution in [3.63, 3.8) is 0 Å². The van der Waals surface area contributed by atoms with Gasteiger partial charge in [-0.25, -0.2) is 0 Å². The fourth-order valence-corrected chi connectivity index (χ4v) is 4.17. The van der Waals surface area contributed by atoms with E-state index in [9.17, 15) is 9.59 Å². The number of aryl methyl sites for hydroxylation is 1. The predicted molar refractivity (Wildman–Crippen MR) is 144 cm³/mol. The SMILES string of the molecule is CC(C)CNC(=O)[C@H](Cc1ccccc1)N(Cc1ccc(Cl)c(Cl)c1)C(=O)CCc1ccccc1. The lowest BCUT2D eigenvalue weighted by Gasteiger charge is -2.32. The summed E-state index contributed by atoms with van der Waals surface area (Å²) < 4.78 is 0. The van der Waals surface area contributed by atoms with Gasteiger partial charge in [0.15, 0.2) is 0 Å². The molecular weight excluding hydrogens is 479 g/mol. The van der Waals surface area contributed by atoms with E-state index in [2.05, 4.69) is 5.32 Å². The summed E-state index contributed by atoms with van der Waals surface area (Å²) in [7, 11) is 0. The van der Waals surface area contributed by atoms with E-state index in [0.717, 1.165) is 16.7 Å². The number of carbonyl (C=O) groups excluding carboxylic acids is 2. The molecule has 4 nitrogen and oxygen atoms in total. The minimum absolute atomic E-state index is 0.0828. The van der Waals surface area contributed by atoms with Crippen molar-refractivity contribution >= 4 is 35.0 Å². The highest BCUT2D eigenvalue weighted by atomic mass is 35.5. The zero-order valence-corrected chi connectivity index (χ0v) is 21.7. The van der Waals surface area contributed by atoms with Gasteiger partial charge in [-0.1, -0.05) is 104 Å². The first-order chi connectivity index (χ1) is 16.8.